The number of benzene rings is 1. The average Bonchev–Trinajstić information content (AvgIpc) is 2.75. The minimum Gasteiger partial charge on any atom is -0.394 e. The lowest BCUT2D eigenvalue weighted by molar-refractivity contribution is -0.154. The zero-order valence-corrected chi connectivity index (χ0v) is 15.4. The van der Waals surface area contributed by atoms with Crippen molar-refractivity contribution in [1.29, 1.82) is 5.26 Å². The van der Waals surface area contributed by atoms with Crippen LogP contribution in [0.4, 0.5) is 0 Å². The van der Waals surface area contributed by atoms with E-state index in [1.54, 1.807) is 17.3 Å². The first-order chi connectivity index (χ1) is 13.7. The number of hydrogen-bond donors (Lipinski definition) is 1. The Morgan fingerprint density at radius 3 is 2.46 bits per heavy atom. The second kappa shape index (κ2) is 8.05. The second-order valence-electron chi connectivity index (χ2n) is 7.23. The molecule has 1 amide bonds. The Morgan fingerprint density at radius 1 is 1.18 bits per heavy atom. The molecule has 0 saturated carbocycles. The highest BCUT2D eigenvalue weighted by Crippen LogP contribution is 2.42. The van der Waals surface area contributed by atoms with Gasteiger partial charge in [-0.2, -0.15) is 5.26 Å². The molecule has 144 valence electrons. The van der Waals surface area contributed by atoms with Crippen LogP contribution in [0.3, 0.4) is 0 Å². The Kier molecular flexibility index (Phi) is 5.33. The monoisotopic (exact) mass is 378 g/mol. The van der Waals surface area contributed by atoms with Crippen molar-refractivity contribution < 1.29 is 14.6 Å². The predicted octanol–water partition coefficient (Wildman–Crippen LogP) is 1.75. The topological polar surface area (TPSA) is 99.3 Å². The molecule has 2 fully saturated rings. The van der Waals surface area contributed by atoms with Gasteiger partial charge in [0.1, 0.15) is 12.4 Å². The van der Waals surface area contributed by atoms with E-state index in [-0.39, 0.29) is 30.4 Å². The molecular formula is C21H22N4O3. The van der Waals surface area contributed by atoms with Crippen LogP contribution in [0, 0.1) is 17.2 Å². The Labute approximate surface area is 163 Å². The van der Waals surface area contributed by atoms with E-state index in [1.807, 2.05) is 24.3 Å². The van der Waals surface area contributed by atoms with Crippen LogP contribution in [0.15, 0.2) is 43.0 Å². The van der Waals surface area contributed by atoms with Crippen LogP contribution >= 0.6 is 0 Å². The van der Waals surface area contributed by atoms with E-state index in [9.17, 15) is 15.2 Å². The van der Waals surface area contributed by atoms with Gasteiger partial charge in [0.25, 0.3) is 0 Å². The van der Waals surface area contributed by atoms with E-state index in [2.05, 4.69) is 16.0 Å². The Morgan fingerprint density at radius 2 is 1.86 bits per heavy atom. The molecule has 7 nitrogen and oxygen atoms in total. The summed E-state index contributed by atoms with van der Waals surface area (Å²) in [7, 11) is 0. The van der Waals surface area contributed by atoms with Crippen molar-refractivity contribution in [3.8, 4) is 17.2 Å². The Hall–Kier alpha value is -2.82. The summed E-state index contributed by atoms with van der Waals surface area (Å²) in [6, 6.07) is 9.17. The van der Waals surface area contributed by atoms with E-state index in [1.165, 1.54) is 6.33 Å². The van der Waals surface area contributed by atoms with E-state index in [0.29, 0.717) is 26.1 Å². The summed E-state index contributed by atoms with van der Waals surface area (Å²) in [4.78, 5) is 22.6. The van der Waals surface area contributed by atoms with Gasteiger partial charge in [-0.15, -0.1) is 0 Å². The van der Waals surface area contributed by atoms with Crippen LogP contribution in [0.5, 0.6) is 0 Å². The van der Waals surface area contributed by atoms with Gasteiger partial charge < -0.3 is 14.7 Å². The largest absolute Gasteiger partial charge is 0.394 e. The first kappa shape index (κ1) is 18.5. The quantitative estimate of drug-likeness (QED) is 0.870. The van der Waals surface area contributed by atoms with E-state index in [4.69, 9.17) is 4.74 Å². The van der Waals surface area contributed by atoms with Gasteiger partial charge in [0, 0.05) is 43.0 Å². The van der Waals surface area contributed by atoms with Crippen LogP contribution in [-0.2, 0) is 9.53 Å². The smallest absolute Gasteiger partial charge is 0.227 e. The van der Waals surface area contributed by atoms with Crippen molar-refractivity contribution in [2.24, 2.45) is 5.92 Å². The fourth-order valence-corrected chi connectivity index (χ4v) is 4.21. The highest BCUT2D eigenvalue weighted by molar-refractivity contribution is 5.81. The third-order valence-corrected chi connectivity index (χ3v) is 5.75. The highest BCUT2D eigenvalue weighted by atomic mass is 16.5. The van der Waals surface area contributed by atoms with Gasteiger partial charge in [0.05, 0.1) is 18.7 Å². The number of aliphatic hydroxyl groups excluding tert-OH is 1. The zero-order valence-electron chi connectivity index (χ0n) is 15.4. The molecule has 28 heavy (non-hydrogen) atoms. The van der Waals surface area contributed by atoms with Crippen molar-refractivity contribution in [3.05, 3.63) is 48.5 Å². The van der Waals surface area contributed by atoms with Crippen molar-refractivity contribution >= 4 is 5.91 Å². The zero-order chi connectivity index (χ0) is 19.5. The number of amides is 1. The lowest BCUT2D eigenvalue weighted by atomic mass is 9.74. The summed E-state index contributed by atoms with van der Waals surface area (Å²) in [5.74, 6) is -0.358. The van der Waals surface area contributed by atoms with Crippen molar-refractivity contribution in [2.45, 2.75) is 30.8 Å². The molecule has 1 N–H and O–H groups in total. The molecular weight excluding hydrogens is 356 g/mol. The maximum Gasteiger partial charge on any atom is 0.227 e. The number of aromatic nitrogens is 2. The first-order valence-corrected chi connectivity index (χ1v) is 9.50. The third kappa shape index (κ3) is 3.26. The van der Waals surface area contributed by atoms with Crippen molar-refractivity contribution in [3.63, 3.8) is 0 Å². The van der Waals surface area contributed by atoms with Crippen molar-refractivity contribution in [2.75, 3.05) is 19.8 Å². The minimum atomic E-state index is -0.557. The van der Waals surface area contributed by atoms with Gasteiger partial charge >= 0.3 is 0 Å². The van der Waals surface area contributed by atoms with Crippen LogP contribution < -0.4 is 0 Å². The standard InChI is InChI=1S/C21H22N4O3/c22-9-18-20(15-3-1-14(2-4-15)17-10-23-13-24-11-17)19(12-26)25(18)21(27)16-5-7-28-8-6-16/h1-4,10-11,13,16,18-20,26H,5-8,12H2/t18-,19+,20-/m1/s1. The molecule has 1 aromatic carbocycles. The summed E-state index contributed by atoms with van der Waals surface area (Å²) in [6.45, 7) is 0.977. The van der Waals surface area contributed by atoms with Crippen LogP contribution in [-0.4, -0.2) is 57.8 Å². The van der Waals surface area contributed by atoms with Crippen LogP contribution in [0.1, 0.15) is 24.3 Å². The number of likely N-dealkylation sites (tertiary alicyclic amines) is 1. The number of nitrogens with zero attached hydrogens (tertiary/aromatic N) is 4. The van der Waals surface area contributed by atoms with Crippen molar-refractivity contribution in [1.82, 2.24) is 14.9 Å². The summed E-state index contributed by atoms with van der Waals surface area (Å²) < 4.78 is 5.33. The molecule has 3 heterocycles. The average molecular weight is 378 g/mol. The minimum absolute atomic E-state index is 0.0387. The number of hydrogen-bond acceptors (Lipinski definition) is 6. The normalized spacial score (nSPS) is 25.0. The Balaban J connectivity index is 1.54. The maximum absolute atomic E-state index is 12.9. The SMILES string of the molecule is N#C[C@@H]1[C@@H](c2ccc(-c3cncnc3)cc2)[C@H](CO)N1C(=O)C1CCOCC1. The summed E-state index contributed by atoms with van der Waals surface area (Å²) in [5, 5.41) is 19.7. The van der Waals surface area contributed by atoms with E-state index in [0.717, 1.165) is 16.7 Å². The van der Waals surface area contributed by atoms with Crippen LogP contribution in [0.25, 0.3) is 11.1 Å². The number of rotatable bonds is 4. The molecule has 7 heteroatoms. The number of carbonyl (C=O) groups is 1. The van der Waals surface area contributed by atoms with Gasteiger partial charge in [0.15, 0.2) is 0 Å². The highest BCUT2D eigenvalue weighted by Gasteiger charge is 2.52. The first-order valence-electron chi connectivity index (χ1n) is 9.50. The van der Waals surface area contributed by atoms with E-state index >= 15 is 0 Å². The lowest BCUT2D eigenvalue weighted by Crippen LogP contribution is -2.66. The summed E-state index contributed by atoms with van der Waals surface area (Å²) in [6.07, 6.45) is 6.32. The maximum atomic E-state index is 12.9. The molecule has 0 spiro atoms. The molecule has 2 aromatic rings. The molecule has 0 bridgehead atoms. The van der Waals surface area contributed by atoms with Crippen LogP contribution in [0.2, 0.25) is 0 Å². The molecule has 3 atom stereocenters. The van der Waals surface area contributed by atoms with E-state index < -0.39 is 6.04 Å². The number of ether oxygens (including phenoxy) is 1. The molecule has 0 unspecified atom stereocenters. The number of carbonyl (C=O) groups excluding carboxylic acids is 1. The number of nitriles is 1. The molecule has 0 radical (unpaired) electrons. The molecule has 2 saturated heterocycles. The van der Waals surface area contributed by atoms with Gasteiger partial charge in [-0.1, -0.05) is 24.3 Å². The fourth-order valence-electron chi connectivity index (χ4n) is 4.21. The molecule has 2 aliphatic heterocycles. The lowest BCUT2D eigenvalue weighted by Gasteiger charge is -2.52. The predicted molar refractivity (Wildman–Crippen MR) is 101 cm³/mol. The fraction of sp³-hybridized carbons (Fsp3) is 0.429. The molecule has 4 rings (SSSR count). The van der Waals surface area contributed by atoms with Gasteiger partial charge in [0.2, 0.25) is 5.91 Å². The summed E-state index contributed by atoms with van der Waals surface area (Å²) in [5.41, 5.74) is 2.84. The Bertz CT molecular complexity index is 859. The number of aliphatic hydroxyl groups is 1. The third-order valence-electron chi connectivity index (χ3n) is 5.75. The molecule has 2 aliphatic rings. The molecule has 0 aliphatic carbocycles. The van der Waals surface area contributed by atoms with Gasteiger partial charge in [-0.05, 0) is 24.0 Å². The van der Waals surface area contributed by atoms with Gasteiger partial charge in [-0.25, -0.2) is 9.97 Å². The molecule has 1 aromatic heterocycles. The summed E-state index contributed by atoms with van der Waals surface area (Å²) >= 11 is 0. The van der Waals surface area contributed by atoms with Gasteiger partial charge in [-0.3, -0.25) is 4.79 Å². The second-order valence-corrected chi connectivity index (χ2v) is 7.23.